The highest BCUT2D eigenvalue weighted by Crippen LogP contribution is 2.23. The maximum Gasteiger partial charge on any atom is 0.268 e. The van der Waals surface area contributed by atoms with E-state index in [0.717, 1.165) is 23.5 Å². The summed E-state index contributed by atoms with van der Waals surface area (Å²) in [6.45, 7) is 6.65. The quantitative estimate of drug-likeness (QED) is 0.406. The van der Waals surface area contributed by atoms with Gasteiger partial charge in [-0.25, -0.2) is 4.68 Å². The first kappa shape index (κ1) is 22.4. The topological polar surface area (TPSA) is 89.9 Å². The molecular formula is C25H28N6O2. The van der Waals surface area contributed by atoms with Crippen molar-refractivity contribution in [3.05, 3.63) is 77.6 Å². The van der Waals surface area contributed by atoms with Crippen LogP contribution in [0.3, 0.4) is 0 Å². The molecule has 0 aliphatic carbocycles. The molecule has 8 heteroatoms. The van der Waals surface area contributed by atoms with Crippen molar-refractivity contribution < 1.29 is 9.21 Å². The normalized spacial score (nSPS) is 11.2. The monoisotopic (exact) mass is 444 g/mol. The van der Waals surface area contributed by atoms with E-state index in [1.807, 2.05) is 60.3 Å². The summed E-state index contributed by atoms with van der Waals surface area (Å²) in [7, 11) is 1.81. The van der Waals surface area contributed by atoms with E-state index in [1.54, 1.807) is 18.0 Å². The molecule has 1 aromatic carbocycles. The van der Waals surface area contributed by atoms with Crippen LogP contribution in [0.15, 0.2) is 59.1 Å². The maximum atomic E-state index is 13.1. The van der Waals surface area contributed by atoms with Crippen molar-refractivity contribution in [3.8, 4) is 17.3 Å². The van der Waals surface area contributed by atoms with Crippen molar-refractivity contribution in [2.24, 2.45) is 5.92 Å². The lowest BCUT2D eigenvalue weighted by Gasteiger charge is -2.18. The number of aryl methyl sites for hydroxylation is 1. The van der Waals surface area contributed by atoms with E-state index < -0.39 is 0 Å². The molecule has 8 nitrogen and oxygen atoms in total. The van der Waals surface area contributed by atoms with Gasteiger partial charge in [-0.3, -0.25) is 9.78 Å². The zero-order valence-corrected chi connectivity index (χ0v) is 19.4. The van der Waals surface area contributed by atoms with Crippen molar-refractivity contribution in [2.75, 3.05) is 13.6 Å². The molecule has 0 radical (unpaired) electrons. The highest BCUT2D eigenvalue weighted by Gasteiger charge is 2.18. The lowest BCUT2D eigenvalue weighted by Crippen LogP contribution is -2.29. The predicted octanol–water partition coefficient (Wildman–Crippen LogP) is 4.14. The number of hydrogen-bond acceptors (Lipinski definition) is 6. The molecule has 0 aliphatic heterocycles. The summed E-state index contributed by atoms with van der Waals surface area (Å²) in [5.74, 6) is 1.27. The second kappa shape index (κ2) is 9.77. The summed E-state index contributed by atoms with van der Waals surface area (Å²) in [6.07, 6.45) is 3.29. The predicted molar refractivity (Wildman–Crippen MR) is 125 cm³/mol. The second-order valence-electron chi connectivity index (χ2n) is 8.51. The molecule has 0 bridgehead atoms. The number of carbonyl (C=O) groups excluding carboxylic acids is 1. The Morgan fingerprint density at radius 2 is 1.97 bits per heavy atom. The molecule has 0 spiro atoms. The summed E-state index contributed by atoms with van der Waals surface area (Å²) in [4.78, 5) is 19.1. The van der Waals surface area contributed by atoms with Gasteiger partial charge < -0.3 is 9.32 Å². The average molecular weight is 445 g/mol. The number of hydrogen-bond donors (Lipinski definition) is 0. The molecule has 0 saturated heterocycles. The third-order valence-corrected chi connectivity index (χ3v) is 5.26. The highest BCUT2D eigenvalue weighted by atomic mass is 16.4. The fraction of sp³-hybridized carbons (Fsp3) is 0.320. The van der Waals surface area contributed by atoms with Crippen molar-refractivity contribution in [2.45, 2.75) is 33.6 Å². The minimum absolute atomic E-state index is 0.0434. The number of rotatable bonds is 8. The highest BCUT2D eigenvalue weighted by molar-refractivity contribution is 5.94. The summed E-state index contributed by atoms with van der Waals surface area (Å²) in [5, 5.41) is 12.7. The number of nitrogens with zero attached hydrogens (tertiary/aromatic N) is 6. The third-order valence-electron chi connectivity index (χ3n) is 5.26. The van der Waals surface area contributed by atoms with E-state index in [-0.39, 0.29) is 5.91 Å². The van der Waals surface area contributed by atoms with Gasteiger partial charge in [-0.2, -0.15) is 5.10 Å². The molecule has 1 amide bonds. The van der Waals surface area contributed by atoms with E-state index in [9.17, 15) is 4.79 Å². The minimum atomic E-state index is -0.0434. The van der Waals surface area contributed by atoms with Crippen LogP contribution in [0, 0.1) is 12.8 Å². The molecule has 0 N–H and O–H groups in total. The summed E-state index contributed by atoms with van der Waals surface area (Å²) in [6, 6.07) is 15.3. The molecule has 0 aliphatic rings. The Morgan fingerprint density at radius 3 is 2.67 bits per heavy atom. The van der Waals surface area contributed by atoms with Gasteiger partial charge in [0.25, 0.3) is 11.8 Å². The summed E-state index contributed by atoms with van der Waals surface area (Å²) < 4.78 is 7.43. The van der Waals surface area contributed by atoms with Gasteiger partial charge in [0, 0.05) is 50.1 Å². The number of carbonyl (C=O) groups is 1. The van der Waals surface area contributed by atoms with Crippen molar-refractivity contribution in [1.29, 1.82) is 0 Å². The van der Waals surface area contributed by atoms with E-state index in [0.29, 0.717) is 41.9 Å². The van der Waals surface area contributed by atoms with Crippen LogP contribution in [-0.2, 0) is 12.8 Å². The van der Waals surface area contributed by atoms with Crippen LogP contribution in [0.1, 0.15) is 41.5 Å². The van der Waals surface area contributed by atoms with Crippen molar-refractivity contribution in [1.82, 2.24) is 29.9 Å². The zero-order valence-electron chi connectivity index (χ0n) is 19.4. The average Bonchev–Trinajstić information content (AvgIpc) is 3.43. The van der Waals surface area contributed by atoms with Gasteiger partial charge in [0.2, 0.25) is 5.89 Å². The molecule has 0 unspecified atom stereocenters. The molecule has 0 atom stereocenters. The Bertz CT molecular complexity index is 1230. The number of amides is 1. The largest absolute Gasteiger partial charge is 0.420 e. The number of likely N-dealkylation sites (N-methyl/N-ethyl adjacent to an activating group) is 1. The molecule has 4 rings (SSSR count). The van der Waals surface area contributed by atoms with Gasteiger partial charge in [0.1, 0.15) is 5.69 Å². The lowest BCUT2D eigenvalue weighted by molar-refractivity contribution is 0.0796. The third kappa shape index (κ3) is 5.34. The number of benzene rings is 1. The number of pyridine rings is 1. The Labute approximate surface area is 193 Å². The molecule has 33 heavy (non-hydrogen) atoms. The van der Waals surface area contributed by atoms with Gasteiger partial charge in [-0.05, 0) is 48.7 Å². The molecule has 170 valence electrons. The van der Waals surface area contributed by atoms with E-state index in [4.69, 9.17) is 9.52 Å². The Hall–Kier alpha value is -3.81. The van der Waals surface area contributed by atoms with Gasteiger partial charge in [-0.1, -0.05) is 26.0 Å². The summed E-state index contributed by atoms with van der Waals surface area (Å²) in [5.41, 5.74) is 4.03. The van der Waals surface area contributed by atoms with Crippen LogP contribution in [0.5, 0.6) is 0 Å². The van der Waals surface area contributed by atoms with Crippen LogP contribution >= 0.6 is 0 Å². The van der Waals surface area contributed by atoms with Crippen LogP contribution in [0.2, 0.25) is 0 Å². The smallest absolute Gasteiger partial charge is 0.268 e. The second-order valence-corrected chi connectivity index (χ2v) is 8.51. The number of aromatic nitrogens is 5. The van der Waals surface area contributed by atoms with Gasteiger partial charge in [0.15, 0.2) is 0 Å². The van der Waals surface area contributed by atoms with E-state index in [2.05, 4.69) is 29.0 Å². The Balaban J connectivity index is 1.58. The van der Waals surface area contributed by atoms with Gasteiger partial charge in [-0.15, -0.1) is 10.2 Å². The van der Waals surface area contributed by atoms with Gasteiger partial charge >= 0.3 is 0 Å². The van der Waals surface area contributed by atoms with Crippen LogP contribution in [-0.4, -0.2) is 49.4 Å². The standard InChI is InChI=1S/C25H28N6O2/c1-17(2)14-22-16-23(24-28-27-18(3)33-24)29-31(22)21-10-7-8-19(15-21)25(32)30(4)13-11-20-9-5-6-12-26-20/h5-10,12,15-17H,11,13-14H2,1-4H3. The van der Waals surface area contributed by atoms with Crippen LogP contribution in [0.25, 0.3) is 17.3 Å². The molecule has 0 saturated carbocycles. The fourth-order valence-electron chi connectivity index (χ4n) is 3.63. The first-order chi connectivity index (χ1) is 15.9. The molecule has 4 aromatic rings. The molecule has 3 aromatic heterocycles. The Kier molecular flexibility index (Phi) is 6.63. The summed E-state index contributed by atoms with van der Waals surface area (Å²) >= 11 is 0. The molecule has 0 fully saturated rings. The first-order valence-corrected chi connectivity index (χ1v) is 11.1. The van der Waals surface area contributed by atoms with Gasteiger partial charge in [0.05, 0.1) is 5.69 Å². The minimum Gasteiger partial charge on any atom is -0.420 e. The molecule has 3 heterocycles. The van der Waals surface area contributed by atoms with Crippen LogP contribution < -0.4 is 0 Å². The van der Waals surface area contributed by atoms with Crippen molar-refractivity contribution in [3.63, 3.8) is 0 Å². The first-order valence-electron chi connectivity index (χ1n) is 11.1. The van der Waals surface area contributed by atoms with Crippen molar-refractivity contribution >= 4 is 5.91 Å². The molecular weight excluding hydrogens is 416 g/mol. The van der Waals surface area contributed by atoms with E-state index in [1.165, 1.54) is 0 Å². The maximum absolute atomic E-state index is 13.1. The SMILES string of the molecule is Cc1nnc(-c2cc(CC(C)C)n(-c3cccc(C(=O)N(C)CCc4ccccn4)c3)n2)o1. The Morgan fingerprint density at radius 1 is 1.12 bits per heavy atom. The fourth-order valence-corrected chi connectivity index (χ4v) is 3.63. The lowest BCUT2D eigenvalue weighted by atomic mass is 10.1. The zero-order chi connectivity index (χ0) is 23.4. The van der Waals surface area contributed by atoms with E-state index >= 15 is 0 Å². The van der Waals surface area contributed by atoms with Crippen LogP contribution in [0.4, 0.5) is 0 Å².